The van der Waals surface area contributed by atoms with Gasteiger partial charge in [0, 0.05) is 28.5 Å². The predicted molar refractivity (Wildman–Crippen MR) is 141 cm³/mol. The fourth-order valence-electron chi connectivity index (χ4n) is 4.09. The summed E-state index contributed by atoms with van der Waals surface area (Å²) >= 11 is 1.63. The van der Waals surface area contributed by atoms with Gasteiger partial charge in [0.2, 0.25) is 0 Å². The van der Waals surface area contributed by atoms with Crippen molar-refractivity contribution in [1.29, 1.82) is 0 Å². The number of hydrogen-bond donors (Lipinski definition) is 4. The van der Waals surface area contributed by atoms with Crippen LogP contribution in [0.2, 0.25) is 0 Å². The Morgan fingerprint density at radius 1 is 1.18 bits per heavy atom. The van der Waals surface area contributed by atoms with Crippen molar-refractivity contribution in [2.75, 3.05) is 22.9 Å². The number of carbonyl (C=O) groups is 1. The summed E-state index contributed by atoms with van der Waals surface area (Å²) in [7, 11) is 0. The van der Waals surface area contributed by atoms with Crippen molar-refractivity contribution in [2.45, 2.75) is 25.8 Å². The molecule has 34 heavy (non-hydrogen) atoms. The molecule has 0 spiro atoms. The largest absolute Gasteiger partial charge is 0.383 e. The normalized spacial score (nSPS) is 15.0. The third-order valence-electron chi connectivity index (χ3n) is 5.80. The fraction of sp³-hybridized carbons (Fsp3) is 0.185. The van der Waals surface area contributed by atoms with Crippen LogP contribution in [0.5, 0.6) is 0 Å². The summed E-state index contributed by atoms with van der Waals surface area (Å²) in [6.45, 7) is 3.01. The van der Waals surface area contributed by atoms with Crippen LogP contribution in [0.1, 0.15) is 24.0 Å². The van der Waals surface area contributed by atoms with Crippen LogP contribution in [-0.4, -0.2) is 23.6 Å². The number of urea groups is 1. The highest BCUT2D eigenvalue weighted by Crippen LogP contribution is 2.38. The fourth-order valence-corrected chi connectivity index (χ4v) is 5.14. The summed E-state index contributed by atoms with van der Waals surface area (Å²) < 4.78 is 1.05. The summed E-state index contributed by atoms with van der Waals surface area (Å²) in [4.78, 5) is 16.8. The van der Waals surface area contributed by atoms with E-state index in [0.717, 1.165) is 57.4 Å². The van der Waals surface area contributed by atoms with Gasteiger partial charge in [-0.25, -0.2) is 9.78 Å². The Bertz CT molecular complexity index is 1410. The molecule has 1 saturated heterocycles. The van der Waals surface area contributed by atoms with Gasteiger partial charge in [0.25, 0.3) is 0 Å². The highest BCUT2D eigenvalue weighted by Gasteiger charge is 2.15. The number of pyridine rings is 1. The Kier molecular flexibility index (Phi) is 6.17. The van der Waals surface area contributed by atoms with Crippen LogP contribution >= 0.6 is 11.3 Å². The number of aromatic nitrogens is 1. The number of anilines is 3. The van der Waals surface area contributed by atoms with E-state index in [1.54, 1.807) is 17.5 Å². The second-order valence-electron chi connectivity index (χ2n) is 8.35. The lowest BCUT2D eigenvalue weighted by atomic mass is 10.0. The number of rotatable bonds is 3. The molecule has 0 bridgehead atoms. The summed E-state index contributed by atoms with van der Waals surface area (Å²) in [6.07, 6.45) is 4.01. The van der Waals surface area contributed by atoms with Crippen LogP contribution in [0, 0.1) is 18.8 Å². The molecule has 6 nitrogen and oxygen atoms in total. The van der Waals surface area contributed by atoms with Gasteiger partial charge in [-0.05, 0) is 67.1 Å². The maximum Gasteiger partial charge on any atom is 0.323 e. The molecule has 3 heterocycles. The number of carbonyl (C=O) groups excluding carboxylic acids is 1. The first-order valence-electron chi connectivity index (χ1n) is 11.2. The minimum atomic E-state index is -0.284. The summed E-state index contributed by atoms with van der Waals surface area (Å²) in [5.74, 6) is 7.12. The average Bonchev–Trinajstić information content (AvgIpc) is 3.50. The van der Waals surface area contributed by atoms with Crippen molar-refractivity contribution < 1.29 is 4.79 Å². The molecule has 5 N–H and O–H groups in total. The molecule has 4 aromatic rings. The first-order valence-corrected chi connectivity index (χ1v) is 12.1. The van der Waals surface area contributed by atoms with Crippen LogP contribution in [-0.2, 0) is 0 Å². The zero-order valence-electron chi connectivity index (χ0n) is 18.8. The molecule has 0 unspecified atom stereocenters. The Morgan fingerprint density at radius 2 is 2.00 bits per heavy atom. The average molecular weight is 468 g/mol. The molecule has 2 aromatic heterocycles. The lowest BCUT2D eigenvalue weighted by molar-refractivity contribution is 0.262. The predicted octanol–water partition coefficient (Wildman–Crippen LogP) is 5.60. The van der Waals surface area contributed by atoms with Gasteiger partial charge >= 0.3 is 6.03 Å². The molecule has 1 aliphatic rings. The van der Waals surface area contributed by atoms with E-state index in [1.807, 2.05) is 55.5 Å². The molecule has 2 aromatic carbocycles. The maximum absolute atomic E-state index is 12.4. The highest BCUT2D eigenvalue weighted by molar-refractivity contribution is 7.18. The lowest BCUT2D eigenvalue weighted by Gasteiger charge is -2.09. The van der Waals surface area contributed by atoms with Crippen molar-refractivity contribution in [3.8, 4) is 23.0 Å². The first-order chi connectivity index (χ1) is 16.6. The van der Waals surface area contributed by atoms with E-state index in [1.165, 1.54) is 0 Å². The minimum absolute atomic E-state index is 0.246. The Labute approximate surface area is 202 Å². The van der Waals surface area contributed by atoms with Gasteiger partial charge in [0.1, 0.15) is 5.82 Å². The van der Waals surface area contributed by atoms with E-state index in [2.05, 4.69) is 38.2 Å². The number of thiophene rings is 1. The number of aryl methyl sites for hydroxylation is 1. The van der Waals surface area contributed by atoms with E-state index in [-0.39, 0.29) is 12.1 Å². The molecule has 2 amide bonds. The minimum Gasteiger partial charge on any atom is -0.383 e. The maximum atomic E-state index is 12.4. The van der Waals surface area contributed by atoms with Crippen molar-refractivity contribution in [2.24, 2.45) is 0 Å². The van der Waals surface area contributed by atoms with E-state index >= 15 is 0 Å². The molecule has 5 rings (SSSR count). The molecule has 7 heteroatoms. The Morgan fingerprint density at radius 3 is 2.76 bits per heavy atom. The van der Waals surface area contributed by atoms with Gasteiger partial charge < -0.3 is 21.7 Å². The zero-order chi connectivity index (χ0) is 23.5. The molecule has 1 atom stereocenters. The zero-order valence-corrected chi connectivity index (χ0v) is 19.6. The molecule has 0 aliphatic carbocycles. The van der Waals surface area contributed by atoms with Crippen LogP contribution < -0.4 is 21.7 Å². The SMILES string of the molecule is Cc1cccc(NC(=O)Nc2ccc(-c3csc4c(C#C[C@@H]5CCCN5)cnc(N)c34)cc2)c1. The lowest BCUT2D eigenvalue weighted by Crippen LogP contribution is -2.19. The summed E-state index contributed by atoms with van der Waals surface area (Å²) in [6, 6.07) is 15.4. The smallest absolute Gasteiger partial charge is 0.323 e. The van der Waals surface area contributed by atoms with Crippen molar-refractivity contribution in [3.63, 3.8) is 0 Å². The van der Waals surface area contributed by atoms with E-state index in [0.29, 0.717) is 11.5 Å². The topological polar surface area (TPSA) is 92.1 Å². The number of nitrogen functional groups attached to an aromatic ring is 1. The second-order valence-corrected chi connectivity index (χ2v) is 9.23. The van der Waals surface area contributed by atoms with Crippen LogP contribution in [0.4, 0.5) is 22.0 Å². The number of nitrogens with two attached hydrogens (primary N) is 1. The van der Waals surface area contributed by atoms with Gasteiger partial charge in [0.15, 0.2) is 0 Å². The van der Waals surface area contributed by atoms with Gasteiger partial charge in [-0.15, -0.1) is 11.3 Å². The Hall–Kier alpha value is -3.86. The quantitative estimate of drug-likeness (QED) is 0.295. The number of benzene rings is 2. The third-order valence-corrected chi connectivity index (χ3v) is 6.81. The molecule has 1 aliphatic heterocycles. The molecule has 0 radical (unpaired) electrons. The molecular weight excluding hydrogens is 442 g/mol. The van der Waals surface area contributed by atoms with E-state index < -0.39 is 0 Å². The number of hydrogen-bond acceptors (Lipinski definition) is 5. The number of nitrogens with one attached hydrogen (secondary N) is 3. The molecule has 0 saturated carbocycles. The second kappa shape index (κ2) is 9.56. The Balaban J connectivity index is 1.35. The molecular formula is C27H25N5OS. The van der Waals surface area contributed by atoms with Gasteiger partial charge in [-0.3, -0.25) is 0 Å². The monoisotopic (exact) mass is 467 g/mol. The van der Waals surface area contributed by atoms with Gasteiger partial charge in [-0.1, -0.05) is 36.1 Å². The van der Waals surface area contributed by atoms with Crippen LogP contribution in [0.15, 0.2) is 60.1 Å². The van der Waals surface area contributed by atoms with Crippen molar-refractivity contribution in [3.05, 3.63) is 71.2 Å². The third kappa shape index (κ3) is 4.74. The van der Waals surface area contributed by atoms with Gasteiger partial charge in [0.05, 0.1) is 16.3 Å². The van der Waals surface area contributed by atoms with E-state index in [4.69, 9.17) is 5.73 Å². The number of nitrogens with zero attached hydrogens (tertiary/aromatic N) is 1. The van der Waals surface area contributed by atoms with Gasteiger partial charge in [-0.2, -0.15) is 0 Å². The molecule has 1 fully saturated rings. The summed E-state index contributed by atoms with van der Waals surface area (Å²) in [5, 5.41) is 12.1. The van der Waals surface area contributed by atoms with Crippen molar-refractivity contribution >= 4 is 44.6 Å². The van der Waals surface area contributed by atoms with Crippen molar-refractivity contribution in [1.82, 2.24) is 10.3 Å². The number of fused-ring (bicyclic) bond motifs is 1. The van der Waals surface area contributed by atoms with E-state index in [9.17, 15) is 4.79 Å². The first kappa shape index (κ1) is 22.0. The molecule has 170 valence electrons. The number of amides is 2. The highest BCUT2D eigenvalue weighted by atomic mass is 32.1. The standard InChI is InChI=1S/C27H25N5OS/c1-17-4-2-5-22(14-17)32-27(33)31-21-11-7-18(8-12-21)23-16-34-25-19(15-30-26(28)24(23)25)9-10-20-6-3-13-29-20/h2,4-5,7-8,11-12,14-16,20,29H,3,6,13H2,1H3,(H2,28,30)(H2,31,32,33)/t20-/m0/s1. The van der Waals surface area contributed by atoms with Crippen LogP contribution in [0.3, 0.4) is 0 Å². The summed E-state index contributed by atoms with van der Waals surface area (Å²) in [5.41, 5.74) is 11.7. The van der Waals surface area contributed by atoms with Crippen LogP contribution in [0.25, 0.3) is 21.2 Å².